The minimum absolute atomic E-state index is 0.0278. The first kappa shape index (κ1) is 15.4. The van der Waals surface area contributed by atoms with Gasteiger partial charge in [0.15, 0.2) is 0 Å². The lowest BCUT2D eigenvalue weighted by Crippen LogP contribution is -2.01. The summed E-state index contributed by atoms with van der Waals surface area (Å²) in [6.45, 7) is 1.39. The van der Waals surface area contributed by atoms with Crippen LogP contribution in [0.15, 0.2) is 40.9 Å². The molecule has 0 aliphatic heterocycles. The van der Waals surface area contributed by atoms with Crippen molar-refractivity contribution in [2.24, 2.45) is 0 Å². The van der Waals surface area contributed by atoms with Crippen molar-refractivity contribution in [1.82, 2.24) is 0 Å². The summed E-state index contributed by atoms with van der Waals surface area (Å²) < 4.78 is 19.6. The Morgan fingerprint density at radius 1 is 1.33 bits per heavy atom. The van der Waals surface area contributed by atoms with Crippen LogP contribution in [0.3, 0.4) is 0 Å². The summed E-state index contributed by atoms with van der Waals surface area (Å²) in [5.74, 6) is -0.660. The van der Waals surface area contributed by atoms with Crippen LogP contribution in [0.5, 0.6) is 11.5 Å². The van der Waals surface area contributed by atoms with Gasteiger partial charge in [0.1, 0.15) is 11.6 Å². The molecule has 0 unspecified atom stereocenters. The van der Waals surface area contributed by atoms with Gasteiger partial charge in [0.2, 0.25) is 5.75 Å². The summed E-state index contributed by atoms with van der Waals surface area (Å²) in [5, 5.41) is 20.7. The first-order valence-corrected chi connectivity index (χ1v) is 6.78. The Morgan fingerprint density at radius 3 is 2.62 bits per heavy atom. The van der Waals surface area contributed by atoms with E-state index in [1.807, 2.05) is 0 Å². The van der Waals surface area contributed by atoms with Crippen LogP contribution in [-0.4, -0.2) is 10.0 Å². The fraction of sp³-hybridized carbons (Fsp3) is 0.143. The maximum atomic E-state index is 13.8. The zero-order chi connectivity index (χ0) is 15.6. The second-order valence-corrected chi connectivity index (χ2v) is 5.13. The number of nitrogens with zero attached hydrogens (tertiary/aromatic N) is 1. The van der Waals surface area contributed by atoms with Gasteiger partial charge in [0.25, 0.3) is 0 Å². The van der Waals surface area contributed by atoms with Gasteiger partial charge in [0.05, 0.1) is 21.1 Å². The molecule has 5 nitrogen and oxygen atoms in total. The molecule has 2 aromatic carbocycles. The molecule has 0 heterocycles. The van der Waals surface area contributed by atoms with Gasteiger partial charge < -0.3 is 9.84 Å². The van der Waals surface area contributed by atoms with Crippen LogP contribution in [0.1, 0.15) is 18.6 Å². The largest absolute Gasteiger partial charge is 0.448 e. The predicted octanol–water partition coefficient (Wildman–Crippen LogP) is 4.34. The topological polar surface area (TPSA) is 72.6 Å². The molecule has 0 aliphatic rings. The molecule has 0 aliphatic carbocycles. The van der Waals surface area contributed by atoms with Gasteiger partial charge >= 0.3 is 5.69 Å². The van der Waals surface area contributed by atoms with Gasteiger partial charge in [0, 0.05) is 6.07 Å². The van der Waals surface area contributed by atoms with Gasteiger partial charge in [-0.15, -0.1) is 0 Å². The zero-order valence-electron chi connectivity index (χ0n) is 10.9. The highest BCUT2D eigenvalue weighted by molar-refractivity contribution is 9.10. The smallest absolute Gasteiger partial charge is 0.312 e. The fourth-order valence-electron chi connectivity index (χ4n) is 1.86. The van der Waals surface area contributed by atoms with Crippen molar-refractivity contribution in [3.05, 3.63) is 62.4 Å². The van der Waals surface area contributed by atoms with Gasteiger partial charge in [-0.2, -0.15) is 0 Å². The Balaban J connectivity index is 2.54. The van der Waals surface area contributed by atoms with E-state index in [1.165, 1.54) is 37.3 Å². The van der Waals surface area contributed by atoms with Crippen LogP contribution in [0.2, 0.25) is 0 Å². The van der Waals surface area contributed by atoms with E-state index in [0.29, 0.717) is 4.47 Å². The lowest BCUT2D eigenvalue weighted by Gasteiger charge is -2.14. The van der Waals surface area contributed by atoms with E-state index in [-0.39, 0.29) is 22.7 Å². The van der Waals surface area contributed by atoms with Gasteiger partial charge in [-0.25, -0.2) is 4.39 Å². The van der Waals surface area contributed by atoms with E-state index in [1.54, 1.807) is 6.07 Å². The highest BCUT2D eigenvalue weighted by atomic mass is 79.9. The number of nitro benzene ring substituents is 1. The molecule has 0 amide bonds. The third kappa shape index (κ3) is 3.20. The van der Waals surface area contributed by atoms with E-state index in [0.717, 1.165) is 0 Å². The fourth-order valence-corrected chi connectivity index (χ4v) is 2.30. The maximum Gasteiger partial charge on any atom is 0.312 e. The van der Waals surface area contributed by atoms with Crippen molar-refractivity contribution in [2.45, 2.75) is 13.0 Å². The molecule has 21 heavy (non-hydrogen) atoms. The maximum absolute atomic E-state index is 13.8. The number of ether oxygens (including phenoxy) is 1. The predicted molar refractivity (Wildman–Crippen MR) is 77.9 cm³/mol. The number of rotatable bonds is 4. The van der Waals surface area contributed by atoms with Crippen molar-refractivity contribution in [2.75, 3.05) is 0 Å². The van der Waals surface area contributed by atoms with Crippen molar-refractivity contribution >= 4 is 21.6 Å². The summed E-state index contributed by atoms with van der Waals surface area (Å²) in [7, 11) is 0. The third-order valence-electron chi connectivity index (χ3n) is 2.79. The van der Waals surface area contributed by atoms with E-state index >= 15 is 0 Å². The summed E-state index contributed by atoms with van der Waals surface area (Å²) in [6.07, 6.45) is -1.11. The number of nitro groups is 1. The average molecular weight is 356 g/mol. The molecule has 0 bridgehead atoms. The number of para-hydroxylation sites is 1. The van der Waals surface area contributed by atoms with Crippen LogP contribution >= 0.6 is 15.9 Å². The molecule has 0 aromatic heterocycles. The second-order valence-electron chi connectivity index (χ2n) is 4.27. The lowest BCUT2D eigenvalue weighted by atomic mass is 10.1. The minimum atomic E-state index is -1.11. The molecule has 1 N–H and O–H groups in total. The zero-order valence-corrected chi connectivity index (χ0v) is 12.5. The summed E-state index contributed by atoms with van der Waals surface area (Å²) >= 11 is 3.17. The molecule has 1 atom stereocenters. The van der Waals surface area contributed by atoms with Crippen molar-refractivity contribution in [1.29, 1.82) is 0 Å². The van der Waals surface area contributed by atoms with Crippen LogP contribution < -0.4 is 4.74 Å². The Kier molecular flexibility index (Phi) is 4.54. The lowest BCUT2D eigenvalue weighted by molar-refractivity contribution is -0.385. The van der Waals surface area contributed by atoms with Crippen LogP contribution in [-0.2, 0) is 0 Å². The van der Waals surface area contributed by atoms with E-state index < -0.39 is 16.8 Å². The van der Waals surface area contributed by atoms with Crippen LogP contribution in [0.4, 0.5) is 10.1 Å². The Labute approximate surface area is 128 Å². The van der Waals surface area contributed by atoms with Gasteiger partial charge in [-0.05, 0) is 41.1 Å². The van der Waals surface area contributed by atoms with Crippen LogP contribution in [0, 0.1) is 15.9 Å². The number of hydrogen-bond acceptors (Lipinski definition) is 4. The molecule has 110 valence electrons. The molecule has 7 heteroatoms. The van der Waals surface area contributed by atoms with Gasteiger partial charge in [-0.3, -0.25) is 10.1 Å². The Morgan fingerprint density at radius 2 is 2.00 bits per heavy atom. The average Bonchev–Trinajstić information content (AvgIpc) is 2.40. The quantitative estimate of drug-likeness (QED) is 0.653. The molecule has 2 rings (SSSR count). The van der Waals surface area contributed by atoms with E-state index in [2.05, 4.69) is 15.9 Å². The number of hydrogen-bond donors (Lipinski definition) is 1. The normalized spacial score (nSPS) is 12.0. The highest BCUT2D eigenvalue weighted by Gasteiger charge is 2.22. The SMILES string of the molecule is C[C@H](O)c1c(F)cccc1Oc1c(Br)cccc1[N+](=O)[O-]. The second kappa shape index (κ2) is 6.19. The van der Waals surface area contributed by atoms with E-state index in [9.17, 15) is 19.6 Å². The molecule has 0 fully saturated rings. The van der Waals surface area contributed by atoms with Crippen molar-refractivity contribution < 1.29 is 19.2 Å². The Hall–Kier alpha value is -1.99. The molecule has 0 saturated carbocycles. The highest BCUT2D eigenvalue weighted by Crippen LogP contribution is 2.40. The molecular formula is C14H11BrFNO4. The van der Waals surface area contributed by atoms with E-state index in [4.69, 9.17) is 4.74 Å². The summed E-state index contributed by atoms with van der Waals surface area (Å²) in [4.78, 5) is 10.4. The number of halogens is 2. The molecule has 2 aromatic rings. The van der Waals surface area contributed by atoms with Crippen LogP contribution in [0.25, 0.3) is 0 Å². The third-order valence-corrected chi connectivity index (χ3v) is 3.41. The molecular weight excluding hydrogens is 345 g/mol. The minimum Gasteiger partial charge on any atom is -0.448 e. The first-order valence-electron chi connectivity index (χ1n) is 5.99. The molecule has 0 saturated heterocycles. The number of benzene rings is 2. The summed E-state index contributed by atoms with van der Waals surface area (Å²) in [5.41, 5.74) is -0.312. The van der Waals surface area contributed by atoms with Crippen molar-refractivity contribution in [3.8, 4) is 11.5 Å². The van der Waals surface area contributed by atoms with Gasteiger partial charge in [-0.1, -0.05) is 12.1 Å². The standard InChI is InChI=1S/C14H11BrFNO4/c1-8(18)13-10(16)5-3-7-12(13)21-14-9(15)4-2-6-11(14)17(19)20/h2-8,18H,1H3/t8-/m0/s1. The number of aliphatic hydroxyl groups is 1. The monoisotopic (exact) mass is 355 g/mol. The van der Waals surface area contributed by atoms with Crippen molar-refractivity contribution in [3.63, 3.8) is 0 Å². The first-order chi connectivity index (χ1) is 9.91. The Bertz CT molecular complexity index is 691. The number of aliphatic hydroxyl groups excluding tert-OH is 1. The summed E-state index contributed by atoms with van der Waals surface area (Å²) in [6, 6.07) is 8.37. The molecule has 0 spiro atoms. The molecule has 0 radical (unpaired) electrons.